The van der Waals surface area contributed by atoms with Crippen LogP contribution in [-0.2, 0) is 14.3 Å². The zero-order chi connectivity index (χ0) is 15.5. The van der Waals surface area contributed by atoms with Crippen LogP contribution in [0.2, 0.25) is 0 Å². The molecule has 0 aromatic heterocycles. The van der Waals surface area contributed by atoms with Gasteiger partial charge in [-0.3, -0.25) is 10.1 Å². The number of hydrogen-bond donors (Lipinski definition) is 2. The van der Waals surface area contributed by atoms with Gasteiger partial charge >= 0.3 is 12.0 Å². The van der Waals surface area contributed by atoms with Crippen LogP contribution in [0, 0.1) is 0 Å². The van der Waals surface area contributed by atoms with E-state index in [1.165, 1.54) is 4.90 Å². The van der Waals surface area contributed by atoms with Crippen molar-refractivity contribution in [3.8, 4) is 0 Å². The van der Waals surface area contributed by atoms with Crippen LogP contribution in [0.25, 0.3) is 0 Å². The number of carbonyl (C=O) groups excluding carboxylic acids is 2. The quantitative estimate of drug-likeness (QED) is 0.599. The van der Waals surface area contributed by atoms with Crippen molar-refractivity contribution in [3.63, 3.8) is 0 Å². The van der Waals surface area contributed by atoms with E-state index >= 15 is 0 Å². The average Bonchev–Trinajstić information content (AvgIpc) is 2.33. The molecule has 8 nitrogen and oxygen atoms in total. The molecule has 116 valence electrons. The summed E-state index contributed by atoms with van der Waals surface area (Å²) in [5, 5.41) is 10.5. The maximum atomic E-state index is 11.8. The summed E-state index contributed by atoms with van der Waals surface area (Å²) in [6.45, 7) is 2.68. The van der Waals surface area contributed by atoms with E-state index < -0.39 is 31.1 Å². The molecule has 0 rings (SSSR count). The summed E-state index contributed by atoms with van der Waals surface area (Å²) >= 11 is 0. The third-order valence-electron chi connectivity index (χ3n) is 2.41. The fourth-order valence-electron chi connectivity index (χ4n) is 1.45. The highest BCUT2D eigenvalue weighted by atomic mass is 16.5. The lowest BCUT2D eigenvalue weighted by atomic mass is 10.3. The van der Waals surface area contributed by atoms with Crippen molar-refractivity contribution >= 4 is 17.9 Å². The molecule has 0 heterocycles. The first kappa shape index (κ1) is 18.3. The van der Waals surface area contributed by atoms with Crippen LogP contribution < -0.4 is 5.32 Å². The van der Waals surface area contributed by atoms with E-state index in [9.17, 15) is 14.4 Å². The van der Waals surface area contributed by atoms with Crippen molar-refractivity contribution in [1.29, 1.82) is 0 Å². The minimum absolute atomic E-state index is 0.451. The first-order valence-electron chi connectivity index (χ1n) is 6.39. The van der Waals surface area contributed by atoms with Gasteiger partial charge in [-0.2, -0.15) is 0 Å². The maximum Gasteiger partial charge on any atom is 0.329 e. The Balaban J connectivity index is 4.01. The molecule has 3 amide bonds. The Bertz CT molecular complexity index is 333. The molecular weight excluding hydrogens is 266 g/mol. The molecule has 0 atom stereocenters. The number of carbonyl (C=O) groups is 3. The van der Waals surface area contributed by atoms with E-state index in [1.807, 2.05) is 25.9 Å². The largest absolute Gasteiger partial charge is 0.480 e. The average molecular weight is 289 g/mol. The Labute approximate surface area is 118 Å². The van der Waals surface area contributed by atoms with E-state index in [1.54, 1.807) is 0 Å². The molecular formula is C12H23N3O5. The zero-order valence-corrected chi connectivity index (χ0v) is 12.2. The van der Waals surface area contributed by atoms with Crippen LogP contribution >= 0.6 is 0 Å². The van der Waals surface area contributed by atoms with Gasteiger partial charge in [-0.05, 0) is 34.0 Å². The predicted octanol–water partition coefficient (Wildman–Crippen LogP) is -0.403. The summed E-state index contributed by atoms with van der Waals surface area (Å²) in [5.41, 5.74) is 0. The minimum Gasteiger partial charge on any atom is -0.480 e. The molecule has 2 N–H and O–H groups in total. The number of imide groups is 1. The highest BCUT2D eigenvalue weighted by Crippen LogP contribution is 1.94. The fourth-order valence-corrected chi connectivity index (χ4v) is 1.45. The predicted molar refractivity (Wildman–Crippen MR) is 72.4 cm³/mol. The van der Waals surface area contributed by atoms with Gasteiger partial charge in [0.25, 0.3) is 5.91 Å². The number of nitrogens with zero attached hydrogens (tertiary/aromatic N) is 2. The second-order valence-corrected chi connectivity index (χ2v) is 4.48. The lowest BCUT2D eigenvalue weighted by Crippen LogP contribution is -2.45. The van der Waals surface area contributed by atoms with Crippen LogP contribution in [0.3, 0.4) is 0 Å². The number of urea groups is 1. The lowest BCUT2D eigenvalue weighted by Gasteiger charge is -2.21. The molecule has 0 unspecified atom stereocenters. The Morgan fingerprint density at radius 1 is 1.15 bits per heavy atom. The molecule has 20 heavy (non-hydrogen) atoms. The number of carboxylic acid groups (broad SMARTS) is 1. The number of aliphatic carboxylic acids is 1. The summed E-state index contributed by atoms with van der Waals surface area (Å²) in [4.78, 5) is 36.8. The molecule has 0 spiro atoms. The van der Waals surface area contributed by atoms with E-state index in [4.69, 9.17) is 5.11 Å². The number of carboxylic acids is 1. The van der Waals surface area contributed by atoms with Gasteiger partial charge in [0.1, 0.15) is 13.2 Å². The van der Waals surface area contributed by atoms with E-state index in [0.717, 1.165) is 13.0 Å². The van der Waals surface area contributed by atoms with Gasteiger partial charge in [0, 0.05) is 13.1 Å². The molecule has 0 aliphatic heterocycles. The molecule has 0 aliphatic rings. The van der Waals surface area contributed by atoms with E-state index in [0.29, 0.717) is 13.1 Å². The first-order valence-corrected chi connectivity index (χ1v) is 6.39. The van der Waals surface area contributed by atoms with Crippen LogP contribution in [0.1, 0.15) is 13.3 Å². The molecule has 0 saturated heterocycles. The molecule has 0 aromatic rings. The van der Waals surface area contributed by atoms with Crippen molar-refractivity contribution in [2.24, 2.45) is 0 Å². The standard InChI is InChI=1S/C12H23N3O5/c1-4-15(7-5-6-14(2)3)12(19)13-10(16)8-20-9-11(17)18/h4-9H2,1-3H3,(H,17,18)(H,13,16,19). The minimum atomic E-state index is -1.16. The zero-order valence-electron chi connectivity index (χ0n) is 12.2. The number of amides is 3. The summed E-state index contributed by atoms with van der Waals surface area (Å²) in [6, 6.07) is -0.491. The summed E-state index contributed by atoms with van der Waals surface area (Å²) in [7, 11) is 3.89. The van der Waals surface area contributed by atoms with Crippen molar-refractivity contribution in [1.82, 2.24) is 15.1 Å². The maximum absolute atomic E-state index is 11.8. The van der Waals surface area contributed by atoms with Crippen molar-refractivity contribution in [3.05, 3.63) is 0 Å². The normalized spacial score (nSPS) is 10.4. The molecule has 0 saturated carbocycles. The summed E-state index contributed by atoms with van der Waals surface area (Å²) in [5.74, 6) is -1.81. The third kappa shape index (κ3) is 9.29. The second-order valence-electron chi connectivity index (χ2n) is 4.48. The Morgan fingerprint density at radius 3 is 2.30 bits per heavy atom. The van der Waals surface area contributed by atoms with Gasteiger partial charge in [-0.15, -0.1) is 0 Å². The van der Waals surface area contributed by atoms with Gasteiger partial charge < -0.3 is 19.6 Å². The van der Waals surface area contributed by atoms with Crippen molar-refractivity contribution in [2.45, 2.75) is 13.3 Å². The summed E-state index contributed by atoms with van der Waals surface area (Å²) < 4.78 is 4.59. The SMILES string of the molecule is CCN(CCCN(C)C)C(=O)NC(=O)COCC(=O)O. The summed E-state index contributed by atoms with van der Waals surface area (Å²) in [6.07, 6.45) is 0.804. The molecule has 0 radical (unpaired) electrons. The number of ether oxygens (including phenoxy) is 1. The van der Waals surface area contributed by atoms with Crippen molar-refractivity contribution in [2.75, 3.05) is 46.9 Å². The number of nitrogens with one attached hydrogen (secondary N) is 1. The molecule has 0 fully saturated rings. The molecule has 8 heteroatoms. The van der Waals surface area contributed by atoms with Crippen LogP contribution in [0.5, 0.6) is 0 Å². The third-order valence-corrected chi connectivity index (χ3v) is 2.41. The van der Waals surface area contributed by atoms with E-state index in [2.05, 4.69) is 10.1 Å². The van der Waals surface area contributed by atoms with Gasteiger partial charge in [0.2, 0.25) is 0 Å². The second kappa shape index (κ2) is 10.2. The fraction of sp³-hybridized carbons (Fsp3) is 0.750. The van der Waals surface area contributed by atoms with E-state index in [-0.39, 0.29) is 0 Å². The van der Waals surface area contributed by atoms with Crippen LogP contribution in [0.4, 0.5) is 4.79 Å². The van der Waals surface area contributed by atoms with Gasteiger partial charge in [-0.1, -0.05) is 0 Å². The molecule has 0 aromatic carbocycles. The lowest BCUT2D eigenvalue weighted by molar-refractivity contribution is -0.143. The molecule has 0 aliphatic carbocycles. The highest BCUT2D eigenvalue weighted by molar-refractivity contribution is 5.95. The first-order chi connectivity index (χ1) is 9.36. The van der Waals surface area contributed by atoms with Gasteiger partial charge in [0.05, 0.1) is 0 Å². The van der Waals surface area contributed by atoms with Crippen molar-refractivity contribution < 1.29 is 24.2 Å². The smallest absolute Gasteiger partial charge is 0.329 e. The number of hydrogen-bond acceptors (Lipinski definition) is 5. The Morgan fingerprint density at radius 2 is 1.80 bits per heavy atom. The van der Waals surface area contributed by atoms with Crippen LogP contribution in [-0.4, -0.2) is 79.8 Å². The Kier molecular flexibility index (Phi) is 9.31. The monoisotopic (exact) mass is 289 g/mol. The molecule has 0 bridgehead atoms. The Hall–Kier alpha value is -1.67. The topological polar surface area (TPSA) is 99.2 Å². The van der Waals surface area contributed by atoms with Gasteiger partial charge in [-0.25, -0.2) is 9.59 Å². The van der Waals surface area contributed by atoms with Gasteiger partial charge in [0.15, 0.2) is 0 Å². The van der Waals surface area contributed by atoms with Crippen LogP contribution in [0.15, 0.2) is 0 Å². The highest BCUT2D eigenvalue weighted by Gasteiger charge is 2.14. The number of rotatable bonds is 9.